The van der Waals surface area contributed by atoms with Crippen molar-refractivity contribution in [2.45, 2.75) is 26.6 Å². The fourth-order valence-corrected chi connectivity index (χ4v) is 2.26. The number of hydrogen-bond donors (Lipinski definition) is 1. The van der Waals surface area contributed by atoms with E-state index in [4.69, 9.17) is 13.9 Å². The van der Waals surface area contributed by atoms with E-state index in [9.17, 15) is 4.79 Å². The predicted octanol–water partition coefficient (Wildman–Crippen LogP) is 2.89. The fraction of sp³-hybridized carbons (Fsp3) is 0.533. The normalized spacial score (nSPS) is 11.2. The first-order valence-electron chi connectivity index (χ1n) is 7.09. The van der Waals surface area contributed by atoms with Crippen molar-refractivity contribution < 1.29 is 18.7 Å². The number of ether oxygens (including phenoxy) is 2. The van der Waals surface area contributed by atoms with Crippen molar-refractivity contribution in [2.75, 3.05) is 31.7 Å². The van der Waals surface area contributed by atoms with Crippen LogP contribution in [0.4, 0.5) is 5.69 Å². The molecule has 1 aromatic carbocycles. The summed E-state index contributed by atoms with van der Waals surface area (Å²) in [6, 6.07) is 7.25. The molecule has 0 aromatic heterocycles. The second kappa shape index (κ2) is 8.81. The summed E-state index contributed by atoms with van der Waals surface area (Å²) in [5, 5.41) is 2.70. The van der Waals surface area contributed by atoms with Crippen molar-refractivity contribution in [1.29, 1.82) is 0 Å². The molecule has 21 heavy (non-hydrogen) atoms. The third kappa shape index (κ3) is 9.22. The van der Waals surface area contributed by atoms with Crippen LogP contribution in [-0.4, -0.2) is 40.7 Å². The highest BCUT2D eigenvalue weighted by atomic mass is 28.4. The van der Waals surface area contributed by atoms with E-state index < -0.39 is 8.32 Å². The van der Waals surface area contributed by atoms with E-state index in [1.807, 2.05) is 12.1 Å². The third-order valence-corrected chi connectivity index (χ3v) is 3.50. The molecule has 0 spiro atoms. The molecular formula is C15H25NO4Si. The molecule has 1 aromatic rings. The topological polar surface area (TPSA) is 56.8 Å². The Morgan fingerprint density at radius 3 is 2.24 bits per heavy atom. The standard InChI is InChI=1S/C15H25NO4Si/c1-13(17)16-14-5-7-15(8-6-14)19-11-9-18-10-12-20-21(2,3)4/h5-8H,9-12H2,1-4H3,(H,16,17). The summed E-state index contributed by atoms with van der Waals surface area (Å²) < 4.78 is 16.7. The van der Waals surface area contributed by atoms with E-state index in [1.54, 1.807) is 12.1 Å². The van der Waals surface area contributed by atoms with Gasteiger partial charge in [0, 0.05) is 12.6 Å². The Hall–Kier alpha value is -1.37. The Morgan fingerprint density at radius 2 is 1.67 bits per heavy atom. The van der Waals surface area contributed by atoms with Crippen LogP contribution >= 0.6 is 0 Å². The number of rotatable bonds is 9. The second-order valence-electron chi connectivity index (χ2n) is 5.63. The Morgan fingerprint density at radius 1 is 1.05 bits per heavy atom. The Labute approximate surface area is 127 Å². The molecule has 0 aliphatic heterocycles. The molecule has 0 aliphatic carbocycles. The summed E-state index contributed by atoms with van der Waals surface area (Å²) in [5.74, 6) is 0.670. The number of hydrogen-bond acceptors (Lipinski definition) is 4. The van der Waals surface area contributed by atoms with Gasteiger partial charge in [0.05, 0.1) is 19.8 Å². The van der Waals surface area contributed by atoms with Crippen LogP contribution in [0.5, 0.6) is 5.75 Å². The molecule has 0 aliphatic rings. The highest BCUT2D eigenvalue weighted by Gasteiger charge is 2.12. The van der Waals surface area contributed by atoms with E-state index in [0.29, 0.717) is 26.4 Å². The zero-order valence-electron chi connectivity index (χ0n) is 13.3. The van der Waals surface area contributed by atoms with Crippen LogP contribution in [0.25, 0.3) is 0 Å². The van der Waals surface area contributed by atoms with Gasteiger partial charge < -0.3 is 19.2 Å². The van der Waals surface area contributed by atoms with Gasteiger partial charge in [0.1, 0.15) is 12.4 Å². The van der Waals surface area contributed by atoms with Crippen molar-refractivity contribution in [3.05, 3.63) is 24.3 Å². The maximum Gasteiger partial charge on any atom is 0.221 e. The van der Waals surface area contributed by atoms with Crippen LogP contribution in [-0.2, 0) is 14.0 Å². The molecule has 6 heteroatoms. The first kappa shape index (κ1) is 17.7. The van der Waals surface area contributed by atoms with Crippen molar-refractivity contribution >= 4 is 19.9 Å². The van der Waals surface area contributed by atoms with Crippen LogP contribution in [0, 0.1) is 0 Å². The van der Waals surface area contributed by atoms with Crippen molar-refractivity contribution in [3.8, 4) is 5.75 Å². The minimum atomic E-state index is -1.44. The third-order valence-electron chi connectivity index (χ3n) is 2.43. The smallest absolute Gasteiger partial charge is 0.221 e. The lowest BCUT2D eigenvalue weighted by Gasteiger charge is -2.16. The molecule has 0 bridgehead atoms. The summed E-state index contributed by atoms with van der Waals surface area (Å²) in [6.07, 6.45) is 0. The summed E-state index contributed by atoms with van der Waals surface area (Å²) in [6.45, 7) is 10.2. The molecule has 118 valence electrons. The zero-order valence-corrected chi connectivity index (χ0v) is 14.3. The quantitative estimate of drug-likeness (QED) is 0.563. The van der Waals surface area contributed by atoms with Crippen molar-refractivity contribution in [2.24, 2.45) is 0 Å². The largest absolute Gasteiger partial charge is 0.491 e. The zero-order chi connectivity index (χ0) is 15.7. The summed E-state index contributed by atoms with van der Waals surface area (Å²) >= 11 is 0. The van der Waals surface area contributed by atoms with E-state index >= 15 is 0 Å². The van der Waals surface area contributed by atoms with Gasteiger partial charge in [-0.2, -0.15) is 0 Å². The molecule has 0 saturated carbocycles. The second-order valence-corrected chi connectivity index (χ2v) is 10.1. The summed E-state index contributed by atoms with van der Waals surface area (Å²) in [4.78, 5) is 10.9. The molecule has 5 nitrogen and oxygen atoms in total. The van der Waals surface area contributed by atoms with Crippen LogP contribution < -0.4 is 10.1 Å². The van der Waals surface area contributed by atoms with Crippen LogP contribution in [0.2, 0.25) is 19.6 Å². The minimum absolute atomic E-state index is 0.0856. The van der Waals surface area contributed by atoms with Gasteiger partial charge in [-0.25, -0.2) is 0 Å². The lowest BCUT2D eigenvalue weighted by molar-refractivity contribution is -0.114. The number of nitrogens with one attached hydrogen (secondary N) is 1. The van der Waals surface area contributed by atoms with Gasteiger partial charge in [0.15, 0.2) is 8.32 Å². The Bertz CT molecular complexity index is 428. The van der Waals surface area contributed by atoms with E-state index in [0.717, 1.165) is 11.4 Å². The minimum Gasteiger partial charge on any atom is -0.491 e. The number of amides is 1. The number of anilines is 1. The Kier molecular flexibility index (Phi) is 7.42. The van der Waals surface area contributed by atoms with E-state index in [2.05, 4.69) is 25.0 Å². The van der Waals surface area contributed by atoms with Gasteiger partial charge in [-0.3, -0.25) is 4.79 Å². The van der Waals surface area contributed by atoms with Crippen LogP contribution in [0.1, 0.15) is 6.92 Å². The van der Waals surface area contributed by atoms with Gasteiger partial charge in [0.2, 0.25) is 5.91 Å². The molecule has 1 rings (SSSR count). The van der Waals surface area contributed by atoms with E-state index in [-0.39, 0.29) is 5.91 Å². The van der Waals surface area contributed by atoms with Crippen molar-refractivity contribution in [1.82, 2.24) is 0 Å². The van der Waals surface area contributed by atoms with Gasteiger partial charge >= 0.3 is 0 Å². The predicted molar refractivity (Wildman–Crippen MR) is 86.4 cm³/mol. The molecule has 0 atom stereocenters. The SMILES string of the molecule is CC(=O)Nc1ccc(OCCOCCO[Si](C)(C)C)cc1. The van der Waals surface area contributed by atoms with E-state index in [1.165, 1.54) is 6.92 Å². The van der Waals surface area contributed by atoms with Gasteiger partial charge in [-0.05, 0) is 43.9 Å². The van der Waals surface area contributed by atoms with Gasteiger partial charge in [0.25, 0.3) is 0 Å². The molecule has 0 heterocycles. The van der Waals surface area contributed by atoms with Crippen LogP contribution in [0.3, 0.4) is 0 Å². The monoisotopic (exact) mass is 311 g/mol. The average Bonchev–Trinajstić information content (AvgIpc) is 2.37. The van der Waals surface area contributed by atoms with Gasteiger partial charge in [-0.1, -0.05) is 0 Å². The first-order valence-corrected chi connectivity index (χ1v) is 10.5. The molecule has 1 amide bonds. The lowest BCUT2D eigenvalue weighted by Crippen LogP contribution is -2.27. The highest BCUT2D eigenvalue weighted by molar-refractivity contribution is 6.69. The molecule has 0 radical (unpaired) electrons. The number of carbonyl (C=O) groups excluding carboxylic acids is 1. The molecule has 0 unspecified atom stereocenters. The Balaban J connectivity index is 2.11. The molecule has 1 N–H and O–H groups in total. The number of carbonyl (C=O) groups is 1. The fourth-order valence-electron chi connectivity index (χ4n) is 1.57. The van der Waals surface area contributed by atoms with Gasteiger partial charge in [-0.15, -0.1) is 0 Å². The summed E-state index contributed by atoms with van der Waals surface area (Å²) in [5.41, 5.74) is 0.759. The first-order chi connectivity index (χ1) is 9.87. The maximum atomic E-state index is 10.9. The van der Waals surface area contributed by atoms with Crippen molar-refractivity contribution in [3.63, 3.8) is 0 Å². The molecule has 0 fully saturated rings. The van der Waals surface area contributed by atoms with Crippen LogP contribution in [0.15, 0.2) is 24.3 Å². The average molecular weight is 311 g/mol. The lowest BCUT2D eigenvalue weighted by atomic mass is 10.3. The summed E-state index contributed by atoms with van der Waals surface area (Å²) in [7, 11) is -1.44. The maximum absolute atomic E-state index is 10.9. The molecular weight excluding hydrogens is 286 g/mol. The highest BCUT2D eigenvalue weighted by Crippen LogP contribution is 2.15. The molecule has 0 saturated heterocycles. The number of benzene rings is 1.